The second kappa shape index (κ2) is 4.16. The highest BCUT2D eigenvalue weighted by Gasteiger charge is 2.21. The molecule has 1 fully saturated rings. The molecule has 0 radical (unpaired) electrons. The normalized spacial score (nSPS) is 19.9. The molecule has 0 spiro atoms. The third kappa shape index (κ3) is 1.75. The minimum Gasteiger partial charge on any atom is -0.378 e. The highest BCUT2D eigenvalue weighted by Crippen LogP contribution is 2.24. The fourth-order valence-electron chi connectivity index (χ4n) is 2.02. The highest BCUT2D eigenvalue weighted by molar-refractivity contribution is 6.30. The highest BCUT2D eigenvalue weighted by atomic mass is 35.5. The summed E-state index contributed by atoms with van der Waals surface area (Å²) in [7, 11) is 0. The van der Waals surface area contributed by atoms with Crippen LogP contribution in [0.1, 0.15) is 11.3 Å². The molecule has 5 nitrogen and oxygen atoms in total. The van der Waals surface area contributed by atoms with Gasteiger partial charge in [-0.05, 0) is 0 Å². The molecule has 86 valence electrons. The summed E-state index contributed by atoms with van der Waals surface area (Å²) in [5.41, 5.74) is 2.07. The van der Waals surface area contributed by atoms with Gasteiger partial charge in [-0.2, -0.15) is 0 Å². The van der Waals surface area contributed by atoms with Crippen LogP contribution in [0.5, 0.6) is 0 Å². The van der Waals surface area contributed by atoms with Crippen LogP contribution in [-0.4, -0.2) is 36.3 Å². The van der Waals surface area contributed by atoms with Crippen molar-refractivity contribution in [2.45, 2.75) is 13.1 Å². The molecule has 1 N–H and O–H groups in total. The maximum atomic E-state index is 6.14. The molecule has 2 aliphatic heterocycles. The van der Waals surface area contributed by atoms with Gasteiger partial charge in [0.05, 0.1) is 18.9 Å². The molecular weight excluding hydrogens is 228 g/mol. The third-order valence-electron chi connectivity index (χ3n) is 2.92. The Balaban J connectivity index is 1.92. The largest absolute Gasteiger partial charge is 0.378 e. The number of nitrogens with zero attached hydrogens (tertiary/aromatic N) is 3. The molecule has 1 aromatic heterocycles. The lowest BCUT2D eigenvalue weighted by molar-refractivity contribution is 0.122. The summed E-state index contributed by atoms with van der Waals surface area (Å²) in [5, 5.41) is 3.81. The van der Waals surface area contributed by atoms with Crippen molar-refractivity contribution < 1.29 is 4.74 Å². The summed E-state index contributed by atoms with van der Waals surface area (Å²) in [5.74, 6) is 0.732. The number of hydrogen-bond acceptors (Lipinski definition) is 5. The van der Waals surface area contributed by atoms with E-state index in [0.29, 0.717) is 5.15 Å². The van der Waals surface area contributed by atoms with E-state index < -0.39 is 0 Å². The molecule has 2 aliphatic rings. The zero-order valence-electron chi connectivity index (χ0n) is 8.87. The SMILES string of the molecule is Clc1nc(N2CCOCC2)nc2c1CNC2. The van der Waals surface area contributed by atoms with Crippen LogP contribution < -0.4 is 10.2 Å². The fourth-order valence-corrected chi connectivity index (χ4v) is 2.27. The second-order valence-electron chi connectivity index (χ2n) is 3.94. The predicted octanol–water partition coefficient (Wildman–Crippen LogP) is 0.570. The Morgan fingerprint density at radius 2 is 2.00 bits per heavy atom. The van der Waals surface area contributed by atoms with E-state index >= 15 is 0 Å². The van der Waals surface area contributed by atoms with E-state index in [1.807, 2.05) is 0 Å². The Kier molecular flexibility index (Phi) is 2.67. The molecule has 3 rings (SSSR count). The Hall–Kier alpha value is -0.910. The Morgan fingerprint density at radius 1 is 1.19 bits per heavy atom. The Morgan fingerprint density at radius 3 is 2.81 bits per heavy atom. The number of ether oxygens (including phenoxy) is 1. The van der Waals surface area contributed by atoms with Crippen LogP contribution in [0.25, 0.3) is 0 Å². The van der Waals surface area contributed by atoms with Crippen LogP contribution in [0.4, 0.5) is 5.95 Å². The lowest BCUT2D eigenvalue weighted by Crippen LogP contribution is -2.37. The van der Waals surface area contributed by atoms with Crippen LogP contribution in [0, 0.1) is 0 Å². The number of fused-ring (bicyclic) bond motifs is 1. The molecular formula is C10H13ClN4O. The molecule has 6 heteroatoms. The van der Waals surface area contributed by atoms with Gasteiger partial charge in [-0.3, -0.25) is 0 Å². The average Bonchev–Trinajstić information content (AvgIpc) is 2.79. The lowest BCUT2D eigenvalue weighted by Gasteiger charge is -2.27. The zero-order chi connectivity index (χ0) is 11.0. The van der Waals surface area contributed by atoms with Gasteiger partial charge in [-0.25, -0.2) is 9.97 Å². The van der Waals surface area contributed by atoms with Crippen LogP contribution in [0.3, 0.4) is 0 Å². The standard InChI is InChI=1S/C10H13ClN4O/c11-9-7-5-12-6-8(7)13-10(14-9)15-1-3-16-4-2-15/h12H,1-6H2. The van der Waals surface area contributed by atoms with Gasteiger partial charge in [-0.15, -0.1) is 0 Å². The minimum atomic E-state index is 0.580. The van der Waals surface area contributed by atoms with Gasteiger partial charge in [0.25, 0.3) is 0 Å². The summed E-state index contributed by atoms with van der Waals surface area (Å²) < 4.78 is 5.30. The van der Waals surface area contributed by atoms with Crippen molar-refractivity contribution in [1.82, 2.24) is 15.3 Å². The van der Waals surface area contributed by atoms with Gasteiger partial charge in [-0.1, -0.05) is 11.6 Å². The van der Waals surface area contributed by atoms with Crippen molar-refractivity contribution in [3.63, 3.8) is 0 Å². The maximum absolute atomic E-state index is 6.14. The Bertz CT molecular complexity index is 406. The molecule has 0 bridgehead atoms. The van der Waals surface area contributed by atoms with Crippen molar-refractivity contribution in [1.29, 1.82) is 0 Å². The summed E-state index contributed by atoms with van der Waals surface area (Å²) in [6.45, 7) is 4.70. The minimum absolute atomic E-state index is 0.580. The molecule has 1 saturated heterocycles. The van der Waals surface area contributed by atoms with E-state index in [-0.39, 0.29) is 0 Å². The van der Waals surface area contributed by atoms with E-state index in [4.69, 9.17) is 16.3 Å². The van der Waals surface area contributed by atoms with Crippen molar-refractivity contribution in [3.8, 4) is 0 Å². The van der Waals surface area contributed by atoms with Crippen molar-refractivity contribution in [3.05, 3.63) is 16.4 Å². The van der Waals surface area contributed by atoms with Crippen molar-refractivity contribution in [2.75, 3.05) is 31.2 Å². The van der Waals surface area contributed by atoms with Crippen LogP contribution in [0.2, 0.25) is 5.15 Å². The quantitative estimate of drug-likeness (QED) is 0.728. The summed E-state index contributed by atoms with van der Waals surface area (Å²) in [6.07, 6.45) is 0. The van der Waals surface area contributed by atoms with E-state index in [1.165, 1.54) is 0 Å². The van der Waals surface area contributed by atoms with Gasteiger partial charge < -0.3 is 15.0 Å². The summed E-state index contributed by atoms with van der Waals surface area (Å²) in [4.78, 5) is 11.0. The summed E-state index contributed by atoms with van der Waals surface area (Å²) in [6, 6.07) is 0. The van der Waals surface area contributed by atoms with Crippen molar-refractivity contribution >= 4 is 17.5 Å². The number of rotatable bonds is 1. The molecule has 0 unspecified atom stereocenters. The number of halogens is 1. The first-order valence-corrected chi connectivity index (χ1v) is 5.81. The number of hydrogen-bond donors (Lipinski definition) is 1. The molecule has 16 heavy (non-hydrogen) atoms. The Labute approximate surface area is 98.8 Å². The van der Waals surface area contributed by atoms with Crippen LogP contribution >= 0.6 is 11.6 Å². The monoisotopic (exact) mass is 240 g/mol. The summed E-state index contributed by atoms with van der Waals surface area (Å²) >= 11 is 6.14. The molecule has 1 aromatic rings. The molecule has 0 atom stereocenters. The average molecular weight is 241 g/mol. The fraction of sp³-hybridized carbons (Fsp3) is 0.600. The smallest absolute Gasteiger partial charge is 0.227 e. The molecule has 0 saturated carbocycles. The van der Waals surface area contributed by atoms with E-state index in [0.717, 1.165) is 56.6 Å². The first kappa shape index (κ1) is 10.3. The van der Waals surface area contributed by atoms with Crippen molar-refractivity contribution in [2.24, 2.45) is 0 Å². The first-order valence-electron chi connectivity index (χ1n) is 5.43. The number of nitrogens with one attached hydrogen (secondary N) is 1. The maximum Gasteiger partial charge on any atom is 0.227 e. The number of anilines is 1. The van der Waals surface area contributed by atoms with Gasteiger partial charge in [0.2, 0.25) is 5.95 Å². The third-order valence-corrected chi connectivity index (χ3v) is 3.23. The topological polar surface area (TPSA) is 50.3 Å². The number of morpholine rings is 1. The number of aromatic nitrogens is 2. The lowest BCUT2D eigenvalue weighted by atomic mass is 10.3. The van der Waals surface area contributed by atoms with E-state index in [1.54, 1.807) is 0 Å². The zero-order valence-corrected chi connectivity index (χ0v) is 9.63. The van der Waals surface area contributed by atoms with Gasteiger partial charge in [0, 0.05) is 31.7 Å². The van der Waals surface area contributed by atoms with Crippen LogP contribution in [0.15, 0.2) is 0 Å². The molecule has 0 aliphatic carbocycles. The van der Waals surface area contributed by atoms with Gasteiger partial charge in [0.1, 0.15) is 5.15 Å². The molecule has 0 amide bonds. The second-order valence-corrected chi connectivity index (χ2v) is 4.30. The van der Waals surface area contributed by atoms with Gasteiger partial charge in [0.15, 0.2) is 0 Å². The van der Waals surface area contributed by atoms with Crippen LogP contribution in [-0.2, 0) is 17.8 Å². The predicted molar refractivity (Wildman–Crippen MR) is 60.6 cm³/mol. The van der Waals surface area contributed by atoms with E-state index in [2.05, 4.69) is 20.2 Å². The van der Waals surface area contributed by atoms with Gasteiger partial charge >= 0.3 is 0 Å². The molecule has 0 aromatic carbocycles. The first-order chi connectivity index (χ1) is 7.84. The van der Waals surface area contributed by atoms with E-state index in [9.17, 15) is 0 Å². The molecule has 3 heterocycles.